The highest BCUT2D eigenvalue weighted by atomic mass is 14.9. The summed E-state index contributed by atoms with van der Waals surface area (Å²) in [6, 6.07) is 9.92. The van der Waals surface area contributed by atoms with Gasteiger partial charge in [-0.25, -0.2) is 0 Å². The summed E-state index contributed by atoms with van der Waals surface area (Å²) >= 11 is 0. The predicted molar refractivity (Wildman–Crippen MR) is 92.6 cm³/mol. The molecule has 0 aliphatic heterocycles. The Morgan fingerprint density at radius 2 is 1.90 bits per heavy atom. The molecule has 1 unspecified atom stereocenters. The number of hydrogen-bond acceptors (Lipinski definition) is 1. The first-order chi connectivity index (χ1) is 10.2. The lowest BCUT2D eigenvalue weighted by atomic mass is 9.80. The van der Waals surface area contributed by atoms with Crippen molar-refractivity contribution in [1.29, 1.82) is 0 Å². The van der Waals surface area contributed by atoms with E-state index in [0.29, 0.717) is 6.04 Å². The molecule has 1 aromatic rings. The molecule has 0 aromatic heterocycles. The molecule has 1 aromatic carbocycles. The fraction of sp³-hybridized carbons (Fsp3) is 0.700. The maximum absolute atomic E-state index is 3.84. The minimum absolute atomic E-state index is 0.567. The van der Waals surface area contributed by atoms with Gasteiger partial charge in [-0.05, 0) is 55.2 Å². The van der Waals surface area contributed by atoms with E-state index in [2.05, 4.69) is 50.4 Å². The number of benzene rings is 1. The lowest BCUT2D eigenvalue weighted by Crippen LogP contribution is -2.30. The lowest BCUT2D eigenvalue weighted by Gasteiger charge is -2.32. The lowest BCUT2D eigenvalue weighted by molar-refractivity contribution is 0.272. The van der Waals surface area contributed by atoms with Crippen LogP contribution in [0.5, 0.6) is 0 Å². The second kappa shape index (κ2) is 8.58. The van der Waals surface area contributed by atoms with Crippen molar-refractivity contribution in [3.05, 3.63) is 35.4 Å². The second-order valence-electron chi connectivity index (χ2n) is 7.17. The van der Waals surface area contributed by atoms with E-state index in [4.69, 9.17) is 0 Å². The first-order valence-electron chi connectivity index (χ1n) is 9.03. The highest BCUT2D eigenvalue weighted by Crippen LogP contribution is 2.34. The standard InChI is InChI=1S/C20H33N/c1-4-13-21-20(18-10-6-5-7-11-18)19-12-8-9-17(15-19)14-16(2)3/h8-9,12,15-16,18,20-21H,4-7,10-11,13-14H2,1-3H3. The van der Waals surface area contributed by atoms with Gasteiger partial charge in [-0.2, -0.15) is 0 Å². The van der Waals surface area contributed by atoms with Crippen LogP contribution in [0.15, 0.2) is 24.3 Å². The highest BCUT2D eigenvalue weighted by molar-refractivity contribution is 5.27. The molecule has 1 fully saturated rings. The maximum atomic E-state index is 3.84. The zero-order chi connectivity index (χ0) is 15.1. The van der Waals surface area contributed by atoms with Crippen LogP contribution in [-0.2, 0) is 6.42 Å². The van der Waals surface area contributed by atoms with Crippen molar-refractivity contribution in [3.8, 4) is 0 Å². The van der Waals surface area contributed by atoms with E-state index in [9.17, 15) is 0 Å². The summed E-state index contributed by atoms with van der Waals surface area (Å²) in [5.41, 5.74) is 3.02. The van der Waals surface area contributed by atoms with Crippen LogP contribution in [0.1, 0.15) is 76.5 Å². The quantitative estimate of drug-likeness (QED) is 0.697. The monoisotopic (exact) mass is 287 g/mol. The third-order valence-corrected chi connectivity index (χ3v) is 4.69. The number of nitrogens with one attached hydrogen (secondary N) is 1. The Morgan fingerprint density at radius 3 is 2.57 bits per heavy atom. The first kappa shape index (κ1) is 16.5. The van der Waals surface area contributed by atoms with Gasteiger partial charge in [0.15, 0.2) is 0 Å². The van der Waals surface area contributed by atoms with Gasteiger partial charge in [0.1, 0.15) is 0 Å². The van der Waals surface area contributed by atoms with Crippen LogP contribution in [-0.4, -0.2) is 6.54 Å². The Bertz CT molecular complexity index is 404. The molecule has 1 nitrogen and oxygen atoms in total. The molecule has 2 rings (SSSR count). The van der Waals surface area contributed by atoms with E-state index in [1.807, 2.05) is 0 Å². The molecule has 21 heavy (non-hydrogen) atoms. The predicted octanol–water partition coefficient (Wildman–Crippen LogP) is 5.51. The van der Waals surface area contributed by atoms with Gasteiger partial charge in [0.05, 0.1) is 0 Å². The summed E-state index contributed by atoms with van der Waals surface area (Å²) in [4.78, 5) is 0. The van der Waals surface area contributed by atoms with Crippen LogP contribution in [0, 0.1) is 11.8 Å². The van der Waals surface area contributed by atoms with Gasteiger partial charge in [-0.15, -0.1) is 0 Å². The zero-order valence-electron chi connectivity index (χ0n) is 14.2. The summed E-state index contributed by atoms with van der Waals surface area (Å²) < 4.78 is 0. The largest absolute Gasteiger partial charge is 0.310 e. The molecule has 0 radical (unpaired) electrons. The SMILES string of the molecule is CCCNC(c1cccc(CC(C)C)c1)C1CCCCC1. The van der Waals surface area contributed by atoms with E-state index in [1.54, 1.807) is 0 Å². The fourth-order valence-corrected chi connectivity index (χ4v) is 3.71. The molecule has 0 amide bonds. The molecule has 0 saturated heterocycles. The van der Waals surface area contributed by atoms with Crippen LogP contribution in [0.3, 0.4) is 0 Å². The van der Waals surface area contributed by atoms with E-state index in [0.717, 1.165) is 18.4 Å². The van der Waals surface area contributed by atoms with E-state index in [1.165, 1.54) is 56.1 Å². The molecule has 1 saturated carbocycles. The Kier molecular flexibility index (Phi) is 6.76. The summed E-state index contributed by atoms with van der Waals surface area (Å²) in [7, 11) is 0. The van der Waals surface area contributed by atoms with Gasteiger partial charge in [-0.3, -0.25) is 0 Å². The smallest absolute Gasteiger partial charge is 0.0348 e. The van der Waals surface area contributed by atoms with Crippen molar-refractivity contribution < 1.29 is 0 Å². The fourth-order valence-electron chi connectivity index (χ4n) is 3.71. The van der Waals surface area contributed by atoms with Crippen LogP contribution in [0.25, 0.3) is 0 Å². The van der Waals surface area contributed by atoms with Crippen LogP contribution >= 0.6 is 0 Å². The summed E-state index contributed by atoms with van der Waals surface area (Å²) in [6.45, 7) is 8.01. The molecule has 0 heterocycles. The van der Waals surface area contributed by atoms with E-state index < -0.39 is 0 Å². The molecule has 1 heteroatoms. The minimum atomic E-state index is 0.567. The average molecular weight is 287 g/mol. The molecule has 1 atom stereocenters. The Hall–Kier alpha value is -0.820. The molecule has 1 N–H and O–H groups in total. The number of rotatable bonds is 7. The molecule has 1 aliphatic rings. The van der Waals surface area contributed by atoms with Crippen molar-refractivity contribution in [3.63, 3.8) is 0 Å². The van der Waals surface area contributed by atoms with Crippen molar-refractivity contribution in [2.45, 2.75) is 71.8 Å². The molecule has 1 aliphatic carbocycles. The molecular formula is C20H33N. The van der Waals surface area contributed by atoms with Gasteiger partial charge in [0, 0.05) is 6.04 Å². The van der Waals surface area contributed by atoms with Crippen molar-refractivity contribution in [2.75, 3.05) is 6.54 Å². The molecule has 118 valence electrons. The van der Waals surface area contributed by atoms with E-state index >= 15 is 0 Å². The molecule has 0 bridgehead atoms. The van der Waals surface area contributed by atoms with Gasteiger partial charge in [0.25, 0.3) is 0 Å². The second-order valence-corrected chi connectivity index (χ2v) is 7.17. The topological polar surface area (TPSA) is 12.0 Å². The first-order valence-corrected chi connectivity index (χ1v) is 9.03. The maximum Gasteiger partial charge on any atom is 0.0348 e. The number of hydrogen-bond donors (Lipinski definition) is 1. The molecule has 0 spiro atoms. The van der Waals surface area contributed by atoms with Crippen molar-refractivity contribution in [2.24, 2.45) is 11.8 Å². The highest BCUT2D eigenvalue weighted by Gasteiger charge is 2.24. The average Bonchev–Trinajstić information content (AvgIpc) is 2.48. The van der Waals surface area contributed by atoms with Crippen LogP contribution in [0.2, 0.25) is 0 Å². The van der Waals surface area contributed by atoms with Crippen LogP contribution in [0.4, 0.5) is 0 Å². The Balaban J connectivity index is 2.14. The van der Waals surface area contributed by atoms with Gasteiger partial charge in [-0.1, -0.05) is 64.3 Å². The van der Waals surface area contributed by atoms with Crippen molar-refractivity contribution >= 4 is 0 Å². The Labute approximate surface area is 131 Å². The molecular weight excluding hydrogens is 254 g/mol. The van der Waals surface area contributed by atoms with Gasteiger partial charge < -0.3 is 5.32 Å². The normalized spacial score (nSPS) is 18.1. The van der Waals surface area contributed by atoms with Gasteiger partial charge >= 0.3 is 0 Å². The van der Waals surface area contributed by atoms with Crippen LogP contribution < -0.4 is 5.32 Å². The Morgan fingerprint density at radius 1 is 1.14 bits per heavy atom. The third kappa shape index (κ3) is 5.14. The van der Waals surface area contributed by atoms with E-state index in [-0.39, 0.29) is 0 Å². The zero-order valence-corrected chi connectivity index (χ0v) is 14.2. The summed E-state index contributed by atoms with van der Waals surface area (Å²) in [5, 5.41) is 3.84. The third-order valence-electron chi connectivity index (χ3n) is 4.69. The summed E-state index contributed by atoms with van der Waals surface area (Å²) in [5.74, 6) is 1.57. The van der Waals surface area contributed by atoms with Crippen molar-refractivity contribution in [1.82, 2.24) is 5.32 Å². The summed E-state index contributed by atoms with van der Waals surface area (Å²) in [6.07, 6.45) is 9.48. The van der Waals surface area contributed by atoms with Gasteiger partial charge in [0.2, 0.25) is 0 Å². The minimum Gasteiger partial charge on any atom is -0.310 e.